The molecule has 0 unspecified atom stereocenters. The van der Waals surface area contributed by atoms with E-state index in [4.69, 9.17) is 13.9 Å². The third-order valence-corrected chi connectivity index (χ3v) is 5.18. The van der Waals surface area contributed by atoms with Crippen LogP contribution in [-0.2, 0) is 16.1 Å². The summed E-state index contributed by atoms with van der Waals surface area (Å²) in [4.78, 5) is 17.0. The predicted molar refractivity (Wildman–Crippen MR) is 101 cm³/mol. The molecule has 0 aliphatic heterocycles. The molecule has 1 amide bonds. The van der Waals surface area contributed by atoms with Crippen LogP contribution in [0.1, 0.15) is 30.7 Å². The molecule has 152 valence electrons. The number of aromatic nitrogens is 1. The van der Waals surface area contributed by atoms with Crippen molar-refractivity contribution in [1.29, 1.82) is 0 Å². The Kier molecular flexibility index (Phi) is 6.21. The number of phenolic OH excluding ortho intramolecular Hbond substituents is 1. The van der Waals surface area contributed by atoms with Gasteiger partial charge in [0.15, 0.2) is 11.5 Å². The average molecular weight is 390 g/mol. The number of oxazole rings is 1. The number of ether oxygens (including phenoxy) is 2. The molecule has 28 heavy (non-hydrogen) atoms. The first-order valence-electron chi connectivity index (χ1n) is 9.25. The van der Waals surface area contributed by atoms with E-state index in [9.17, 15) is 15.0 Å². The summed E-state index contributed by atoms with van der Waals surface area (Å²) in [6, 6.07) is 4.84. The zero-order valence-corrected chi connectivity index (χ0v) is 16.3. The van der Waals surface area contributed by atoms with Gasteiger partial charge < -0.3 is 29.4 Å². The summed E-state index contributed by atoms with van der Waals surface area (Å²) >= 11 is 0. The number of aromatic hydroxyl groups is 1. The average Bonchev–Trinajstić information content (AvgIpc) is 3.07. The zero-order valence-electron chi connectivity index (χ0n) is 16.3. The van der Waals surface area contributed by atoms with E-state index in [0.717, 1.165) is 0 Å². The maximum Gasteiger partial charge on any atom is 0.226 e. The van der Waals surface area contributed by atoms with Crippen molar-refractivity contribution < 1.29 is 28.9 Å². The Labute approximate surface area is 163 Å². The normalized spacial score (nSPS) is 22.1. The van der Waals surface area contributed by atoms with Crippen LogP contribution in [0.25, 0.3) is 11.5 Å². The number of benzene rings is 1. The summed E-state index contributed by atoms with van der Waals surface area (Å²) in [6.45, 7) is 2.04. The Bertz CT molecular complexity index is 834. The van der Waals surface area contributed by atoms with Crippen molar-refractivity contribution in [2.75, 3.05) is 14.2 Å². The lowest BCUT2D eigenvalue weighted by Gasteiger charge is -2.31. The maximum absolute atomic E-state index is 12.5. The fourth-order valence-electron chi connectivity index (χ4n) is 3.45. The fourth-order valence-corrected chi connectivity index (χ4v) is 3.45. The van der Waals surface area contributed by atoms with Crippen molar-refractivity contribution in [3.63, 3.8) is 0 Å². The summed E-state index contributed by atoms with van der Waals surface area (Å²) in [6.07, 6.45) is 0.848. The molecule has 1 heterocycles. The number of nitrogens with one attached hydrogen (secondary N) is 1. The number of aliphatic hydroxyl groups is 1. The standard InChI is InChI=1S/C20H26N2O6/c1-11-14(10-21-19(25)12-4-6-15(23)17(8-12)26-2)22-20(28-11)13-5-7-16(24)18(9-13)27-3/h5,7,9,12,15,17,23-24H,4,6,8,10H2,1-3H3,(H,21,25)/t12-,15+,17-/m0/s1. The molecular formula is C20H26N2O6. The number of hydrogen-bond acceptors (Lipinski definition) is 7. The van der Waals surface area contributed by atoms with Crippen molar-refractivity contribution in [3.8, 4) is 23.0 Å². The monoisotopic (exact) mass is 390 g/mol. The van der Waals surface area contributed by atoms with E-state index in [0.29, 0.717) is 47.9 Å². The second-order valence-corrected chi connectivity index (χ2v) is 6.98. The first-order chi connectivity index (χ1) is 13.4. The maximum atomic E-state index is 12.5. The van der Waals surface area contributed by atoms with Crippen LogP contribution in [-0.4, -0.2) is 47.5 Å². The molecule has 8 heteroatoms. The van der Waals surface area contributed by atoms with Gasteiger partial charge in [0.2, 0.25) is 11.8 Å². The molecule has 3 atom stereocenters. The Morgan fingerprint density at radius 3 is 2.86 bits per heavy atom. The van der Waals surface area contributed by atoms with E-state index in [1.165, 1.54) is 13.2 Å². The van der Waals surface area contributed by atoms with Crippen molar-refractivity contribution in [3.05, 3.63) is 29.7 Å². The van der Waals surface area contributed by atoms with E-state index >= 15 is 0 Å². The van der Waals surface area contributed by atoms with Crippen LogP contribution < -0.4 is 10.1 Å². The molecule has 8 nitrogen and oxygen atoms in total. The molecule has 0 bridgehead atoms. The van der Waals surface area contributed by atoms with Crippen LogP contribution in [0, 0.1) is 12.8 Å². The first-order valence-corrected chi connectivity index (χ1v) is 9.25. The second-order valence-electron chi connectivity index (χ2n) is 6.98. The Hall–Kier alpha value is -2.58. The summed E-state index contributed by atoms with van der Waals surface area (Å²) in [5.74, 6) is 1.09. The first kappa shape index (κ1) is 20.2. The van der Waals surface area contributed by atoms with Gasteiger partial charge in [0.1, 0.15) is 11.5 Å². The van der Waals surface area contributed by atoms with Gasteiger partial charge in [-0.2, -0.15) is 0 Å². The Balaban J connectivity index is 1.65. The van der Waals surface area contributed by atoms with Crippen molar-refractivity contribution >= 4 is 5.91 Å². The van der Waals surface area contributed by atoms with Gasteiger partial charge in [0.25, 0.3) is 0 Å². The molecule has 1 saturated carbocycles. The lowest BCUT2D eigenvalue weighted by atomic mass is 9.84. The topological polar surface area (TPSA) is 114 Å². The third-order valence-electron chi connectivity index (χ3n) is 5.18. The van der Waals surface area contributed by atoms with Crippen molar-refractivity contribution in [2.45, 2.75) is 44.9 Å². The number of rotatable bonds is 6. The van der Waals surface area contributed by atoms with E-state index in [-0.39, 0.29) is 30.2 Å². The van der Waals surface area contributed by atoms with Crippen LogP contribution in [0.15, 0.2) is 22.6 Å². The molecule has 0 saturated heterocycles. The molecular weight excluding hydrogens is 364 g/mol. The summed E-state index contributed by atoms with van der Waals surface area (Å²) in [5, 5.41) is 22.5. The van der Waals surface area contributed by atoms with Crippen molar-refractivity contribution in [1.82, 2.24) is 10.3 Å². The predicted octanol–water partition coefficient (Wildman–Crippen LogP) is 2.16. The SMILES string of the molecule is COc1cc(-c2nc(CNC(=O)[C@H]3CC[C@@H](O)[C@@H](OC)C3)c(C)o2)ccc1O. The van der Waals surface area contributed by atoms with Gasteiger partial charge in [-0.15, -0.1) is 0 Å². The minimum absolute atomic E-state index is 0.0361. The van der Waals surface area contributed by atoms with Gasteiger partial charge in [-0.3, -0.25) is 4.79 Å². The van der Waals surface area contributed by atoms with Crippen LogP contribution in [0.4, 0.5) is 0 Å². The molecule has 3 N–H and O–H groups in total. The highest BCUT2D eigenvalue weighted by atomic mass is 16.5. The molecule has 2 aromatic rings. The number of methoxy groups -OCH3 is 2. The van der Waals surface area contributed by atoms with Gasteiger partial charge in [0, 0.05) is 18.6 Å². The highest BCUT2D eigenvalue weighted by Gasteiger charge is 2.33. The van der Waals surface area contributed by atoms with Crippen LogP contribution in [0.3, 0.4) is 0 Å². The van der Waals surface area contributed by atoms with Crippen LogP contribution in [0.5, 0.6) is 11.5 Å². The second kappa shape index (κ2) is 8.62. The number of phenols is 1. The molecule has 1 aromatic heterocycles. The van der Waals surface area contributed by atoms with E-state index in [2.05, 4.69) is 10.3 Å². The number of carbonyl (C=O) groups is 1. The van der Waals surface area contributed by atoms with E-state index in [1.807, 2.05) is 0 Å². The number of carbonyl (C=O) groups excluding carboxylic acids is 1. The third kappa shape index (κ3) is 4.28. The van der Waals surface area contributed by atoms with Crippen LogP contribution >= 0.6 is 0 Å². The van der Waals surface area contributed by atoms with Crippen molar-refractivity contribution in [2.24, 2.45) is 5.92 Å². The molecule has 0 radical (unpaired) electrons. The quantitative estimate of drug-likeness (QED) is 0.692. The minimum Gasteiger partial charge on any atom is -0.504 e. The van der Waals surface area contributed by atoms with E-state index < -0.39 is 6.10 Å². The van der Waals surface area contributed by atoms with Gasteiger partial charge >= 0.3 is 0 Å². The van der Waals surface area contributed by atoms with E-state index in [1.54, 1.807) is 26.2 Å². The lowest BCUT2D eigenvalue weighted by Crippen LogP contribution is -2.41. The molecule has 1 fully saturated rings. The molecule has 1 aliphatic rings. The molecule has 3 rings (SSSR count). The number of aliphatic hydroxyl groups excluding tert-OH is 1. The van der Waals surface area contributed by atoms with Gasteiger partial charge in [-0.05, 0) is 44.4 Å². The highest BCUT2D eigenvalue weighted by Crippen LogP contribution is 2.32. The van der Waals surface area contributed by atoms with Crippen LogP contribution in [0.2, 0.25) is 0 Å². The van der Waals surface area contributed by atoms with Gasteiger partial charge in [0.05, 0.1) is 25.9 Å². The summed E-state index contributed by atoms with van der Waals surface area (Å²) in [5.41, 5.74) is 1.30. The molecule has 1 aliphatic carbocycles. The van der Waals surface area contributed by atoms with Gasteiger partial charge in [-0.1, -0.05) is 0 Å². The number of hydrogen-bond donors (Lipinski definition) is 3. The lowest BCUT2D eigenvalue weighted by molar-refractivity contribution is -0.130. The number of aryl methyl sites for hydroxylation is 1. The van der Waals surface area contributed by atoms with Gasteiger partial charge in [-0.25, -0.2) is 4.98 Å². The molecule has 1 aromatic carbocycles. The summed E-state index contributed by atoms with van der Waals surface area (Å²) < 4.78 is 16.1. The smallest absolute Gasteiger partial charge is 0.226 e. The summed E-state index contributed by atoms with van der Waals surface area (Å²) in [7, 11) is 3.02. The number of nitrogens with zero attached hydrogens (tertiary/aromatic N) is 1. The highest BCUT2D eigenvalue weighted by molar-refractivity contribution is 5.78. The molecule has 0 spiro atoms. The minimum atomic E-state index is -0.517. The zero-order chi connectivity index (χ0) is 20.3. The fraction of sp³-hybridized carbons (Fsp3) is 0.500. The Morgan fingerprint density at radius 2 is 2.14 bits per heavy atom. The largest absolute Gasteiger partial charge is 0.504 e. The number of amides is 1. The Morgan fingerprint density at radius 1 is 1.36 bits per heavy atom.